The Labute approximate surface area is 116 Å². The van der Waals surface area contributed by atoms with Gasteiger partial charge in [-0.1, -0.05) is 12.1 Å². The van der Waals surface area contributed by atoms with Crippen molar-refractivity contribution in [1.29, 1.82) is 0 Å². The van der Waals surface area contributed by atoms with Crippen molar-refractivity contribution in [3.63, 3.8) is 0 Å². The van der Waals surface area contributed by atoms with Gasteiger partial charge in [0.25, 0.3) is 0 Å². The number of aromatic nitrogens is 1. The highest BCUT2D eigenvalue weighted by atomic mass is 16.3. The van der Waals surface area contributed by atoms with Gasteiger partial charge in [-0.05, 0) is 12.1 Å². The summed E-state index contributed by atoms with van der Waals surface area (Å²) in [5, 5.41) is 2.45. The Hall–Kier alpha value is -2.63. The van der Waals surface area contributed by atoms with Gasteiger partial charge in [-0.25, -0.2) is 4.98 Å². The monoisotopic (exact) mass is 273 g/mol. The Balaban J connectivity index is 2.04. The van der Waals surface area contributed by atoms with Gasteiger partial charge in [-0.2, -0.15) is 0 Å². The number of nitrogens with one attached hydrogen (secondary N) is 1. The third-order valence-corrected chi connectivity index (χ3v) is 2.71. The minimum atomic E-state index is -0.296. The number of fused-ring (bicyclic) bond motifs is 1. The molecule has 104 valence electrons. The zero-order chi connectivity index (χ0) is 14.5. The second-order valence-corrected chi connectivity index (χ2v) is 4.22. The highest BCUT2D eigenvalue weighted by Crippen LogP contribution is 2.15. The van der Waals surface area contributed by atoms with Crippen LogP contribution in [0.15, 0.2) is 34.8 Å². The number of oxazole rings is 1. The van der Waals surface area contributed by atoms with E-state index in [4.69, 9.17) is 4.42 Å². The second-order valence-electron chi connectivity index (χ2n) is 4.22. The molecule has 20 heavy (non-hydrogen) atoms. The van der Waals surface area contributed by atoms with E-state index in [1.807, 2.05) is 18.2 Å². The van der Waals surface area contributed by atoms with E-state index in [0.29, 0.717) is 11.5 Å². The lowest BCUT2D eigenvalue weighted by Crippen LogP contribution is -2.35. The first kappa shape index (κ1) is 13.8. The molecule has 2 amide bonds. The number of amides is 2. The predicted molar refractivity (Wildman–Crippen MR) is 74.7 cm³/mol. The largest absolute Gasteiger partial charge is 0.437 e. The van der Waals surface area contributed by atoms with Crippen LogP contribution in [0.1, 0.15) is 5.89 Å². The summed E-state index contributed by atoms with van der Waals surface area (Å²) in [5.41, 5.74) is 1.40. The number of benzene rings is 1. The van der Waals surface area contributed by atoms with Gasteiger partial charge in [0.2, 0.25) is 17.7 Å². The van der Waals surface area contributed by atoms with Crippen LogP contribution in [0.3, 0.4) is 0 Å². The standard InChI is InChI=1S/C14H15N3O3/c1-15-12(18)9-17(2)14(19)8-7-13-16-10-5-3-4-6-11(10)20-13/h3-8H,9H2,1-2H3,(H,15,18)/b8-7+. The van der Waals surface area contributed by atoms with Crippen LogP contribution in [0.25, 0.3) is 17.2 Å². The fourth-order valence-corrected chi connectivity index (χ4v) is 1.60. The van der Waals surface area contributed by atoms with E-state index in [9.17, 15) is 9.59 Å². The summed E-state index contributed by atoms with van der Waals surface area (Å²) in [4.78, 5) is 28.5. The van der Waals surface area contributed by atoms with Crippen molar-refractivity contribution in [2.75, 3.05) is 20.6 Å². The van der Waals surface area contributed by atoms with Crippen LogP contribution < -0.4 is 5.32 Å². The Kier molecular flexibility index (Phi) is 4.14. The maximum Gasteiger partial charge on any atom is 0.246 e. The summed E-state index contributed by atoms with van der Waals surface area (Å²) in [6, 6.07) is 7.35. The zero-order valence-corrected chi connectivity index (χ0v) is 11.3. The molecule has 2 rings (SSSR count). The maximum atomic E-state index is 11.8. The Bertz CT molecular complexity index is 627. The molecule has 0 aliphatic carbocycles. The van der Waals surface area contributed by atoms with Crippen LogP contribution in [0.2, 0.25) is 0 Å². The Morgan fingerprint density at radius 2 is 2.15 bits per heavy atom. The third-order valence-electron chi connectivity index (χ3n) is 2.71. The molecular weight excluding hydrogens is 258 g/mol. The molecule has 6 heteroatoms. The van der Waals surface area contributed by atoms with E-state index >= 15 is 0 Å². The van der Waals surface area contributed by atoms with Crippen molar-refractivity contribution < 1.29 is 14.0 Å². The lowest BCUT2D eigenvalue weighted by Gasteiger charge is -2.13. The molecule has 0 radical (unpaired) electrons. The first-order chi connectivity index (χ1) is 9.60. The molecule has 1 N–H and O–H groups in total. The topological polar surface area (TPSA) is 75.4 Å². The minimum Gasteiger partial charge on any atom is -0.437 e. The molecule has 0 fully saturated rings. The summed E-state index contributed by atoms with van der Waals surface area (Å²) in [6.45, 7) is 0.00717. The van der Waals surface area contributed by atoms with Crippen molar-refractivity contribution in [1.82, 2.24) is 15.2 Å². The third kappa shape index (κ3) is 3.23. The molecule has 6 nitrogen and oxygen atoms in total. The van der Waals surface area contributed by atoms with E-state index < -0.39 is 0 Å². The van der Waals surface area contributed by atoms with Gasteiger partial charge >= 0.3 is 0 Å². The van der Waals surface area contributed by atoms with Gasteiger partial charge in [0.05, 0.1) is 6.54 Å². The SMILES string of the molecule is CNC(=O)CN(C)C(=O)/C=C/c1nc2ccccc2o1. The summed E-state index contributed by atoms with van der Waals surface area (Å²) in [5.74, 6) is -0.167. The predicted octanol–water partition coefficient (Wildman–Crippen LogP) is 1.05. The Morgan fingerprint density at radius 3 is 2.85 bits per heavy atom. The van der Waals surface area contributed by atoms with Crippen molar-refractivity contribution in [2.24, 2.45) is 0 Å². The molecular formula is C14H15N3O3. The average Bonchev–Trinajstić information content (AvgIpc) is 2.87. The minimum absolute atomic E-state index is 0.00717. The quantitative estimate of drug-likeness (QED) is 0.845. The number of rotatable bonds is 4. The molecule has 2 aromatic rings. The maximum absolute atomic E-state index is 11.8. The number of carbonyl (C=O) groups excluding carboxylic acids is 2. The highest BCUT2D eigenvalue weighted by Gasteiger charge is 2.09. The molecule has 1 aromatic heterocycles. The molecule has 1 heterocycles. The number of para-hydroxylation sites is 2. The molecule has 0 bridgehead atoms. The normalized spacial score (nSPS) is 10.9. The van der Waals surface area contributed by atoms with E-state index in [1.54, 1.807) is 13.1 Å². The van der Waals surface area contributed by atoms with Crippen LogP contribution in [0.4, 0.5) is 0 Å². The molecule has 0 atom stereocenters. The number of nitrogens with zero attached hydrogens (tertiary/aromatic N) is 2. The number of likely N-dealkylation sites (N-methyl/N-ethyl adjacent to an activating group) is 2. The van der Waals surface area contributed by atoms with Crippen molar-refractivity contribution in [3.8, 4) is 0 Å². The van der Waals surface area contributed by atoms with Crippen molar-refractivity contribution in [2.45, 2.75) is 0 Å². The van der Waals surface area contributed by atoms with Crippen LogP contribution in [0.5, 0.6) is 0 Å². The Morgan fingerprint density at radius 1 is 1.40 bits per heavy atom. The fourth-order valence-electron chi connectivity index (χ4n) is 1.60. The lowest BCUT2D eigenvalue weighted by molar-refractivity contribution is -0.130. The summed E-state index contributed by atoms with van der Waals surface area (Å²) < 4.78 is 5.45. The van der Waals surface area contributed by atoms with Gasteiger partial charge in [0.1, 0.15) is 5.52 Å². The molecule has 0 saturated heterocycles. The molecule has 0 aliphatic heterocycles. The first-order valence-corrected chi connectivity index (χ1v) is 6.09. The number of carbonyl (C=O) groups is 2. The highest BCUT2D eigenvalue weighted by molar-refractivity contribution is 5.94. The van der Waals surface area contributed by atoms with Crippen LogP contribution in [-0.2, 0) is 9.59 Å². The van der Waals surface area contributed by atoms with Crippen LogP contribution in [-0.4, -0.2) is 42.3 Å². The van der Waals surface area contributed by atoms with E-state index in [1.165, 1.54) is 24.1 Å². The van der Waals surface area contributed by atoms with Gasteiger partial charge in [0.15, 0.2) is 5.58 Å². The number of hydrogen-bond donors (Lipinski definition) is 1. The van der Waals surface area contributed by atoms with E-state index in [0.717, 1.165) is 5.52 Å². The zero-order valence-electron chi connectivity index (χ0n) is 11.3. The smallest absolute Gasteiger partial charge is 0.246 e. The molecule has 0 unspecified atom stereocenters. The van der Waals surface area contributed by atoms with Gasteiger partial charge in [-0.15, -0.1) is 0 Å². The van der Waals surface area contributed by atoms with Crippen molar-refractivity contribution in [3.05, 3.63) is 36.2 Å². The molecule has 0 aliphatic rings. The van der Waals surface area contributed by atoms with Gasteiger partial charge in [0, 0.05) is 26.2 Å². The van der Waals surface area contributed by atoms with Gasteiger partial charge < -0.3 is 14.6 Å². The lowest BCUT2D eigenvalue weighted by atomic mass is 10.3. The molecule has 1 aromatic carbocycles. The fraction of sp³-hybridized carbons (Fsp3) is 0.214. The van der Waals surface area contributed by atoms with Crippen LogP contribution in [0, 0.1) is 0 Å². The number of hydrogen-bond acceptors (Lipinski definition) is 4. The molecule has 0 saturated carbocycles. The van der Waals surface area contributed by atoms with Gasteiger partial charge in [-0.3, -0.25) is 9.59 Å². The second kappa shape index (κ2) is 6.01. The first-order valence-electron chi connectivity index (χ1n) is 6.09. The van der Waals surface area contributed by atoms with Crippen LogP contribution >= 0.6 is 0 Å². The average molecular weight is 273 g/mol. The summed E-state index contributed by atoms with van der Waals surface area (Å²) in [6.07, 6.45) is 2.82. The van der Waals surface area contributed by atoms with E-state index in [2.05, 4.69) is 10.3 Å². The van der Waals surface area contributed by atoms with E-state index in [-0.39, 0.29) is 18.4 Å². The van der Waals surface area contributed by atoms with Crippen molar-refractivity contribution >= 4 is 29.0 Å². The molecule has 0 spiro atoms. The summed E-state index contributed by atoms with van der Waals surface area (Å²) >= 11 is 0. The summed E-state index contributed by atoms with van der Waals surface area (Å²) in [7, 11) is 3.07.